The molecule has 2 rings (SSSR count). The number of carbonyl (C=O) groups excluding carboxylic acids is 1. The summed E-state index contributed by atoms with van der Waals surface area (Å²) >= 11 is 0. The molecule has 0 radical (unpaired) electrons. The number of esters is 1. The molecule has 1 aliphatic rings. The molecule has 2 atom stereocenters. The van der Waals surface area contributed by atoms with Gasteiger partial charge in [0.25, 0.3) is 0 Å². The van der Waals surface area contributed by atoms with Crippen molar-refractivity contribution in [2.45, 2.75) is 19.3 Å². The van der Waals surface area contributed by atoms with Crippen molar-refractivity contribution in [2.75, 3.05) is 26.8 Å². The third-order valence-corrected chi connectivity index (χ3v) is 3.59. The van der Waals surface area contributed by atoms with Crippen LogP contribution in [0.5, 0.6) is 5.75 Å². The van der Waals surface area contributed by atoms with E-state index < -0.39 is 0 Å². The number of piperidine rings is 1. The zero-order chi connectivity index (χ0) is 13.7. The van der Waals surface area contributed by atoms with E-state index in [1.807, 2.05) is 25.1 Å². The van der Waals surface area contributed by atoms with Crippen molar-refractivity contribution >= 4 is 5.97 Å². The van der Waals surface area contributed by atoms with E-state index in [-0.39, 0.29) is 17.8 Å². The molecule has 104 valence electrons. The fourth-order valence-corrected chi connectivity index (χ4v) is 2.63. The zero-order valence-electron chi connectivity index (χ0n) is 11.5. The minimum Gasteiger partial charge on any atom is -0.497 e. The molecule has 2 unspecified atom stereocenters. The van der Waals surface area contributed by atoms with Gasteiger partial charge in [0.05, 0.1) is 19.6 Å². The lowest BCUT2D eigenvalue weighted by molar-refractivity contribution is -0.149. The second-order valence-corrected chi connectivity index (χ2v) is 4.73. The highest BCUT2D eigenvalue weighted by molar-refractivity contribution is 5.74. The Morgan fingerprint density at radius 2 is 2.32 bits per heavy atom. The highest BCUT2D eigenvalue weighted by atomic mass is 16.5. The highest BCUT2D eigenvalue weighted by Gasteiger charge is 2.33. The first kappa shape index (κ1) is 13.9. The summed E-state index contributed by atoms with van der Waals surface area (Å²) in [6.45, 7) is 3.88. The number of benzene rings is 1. The monoisotopic (exact) mass is 263 g/mol. The molecule has 19 heavy (non-hydrogen) atoms. The third-order valence-electron chi connectivity index (χ3n) is 3.59. The van der Waals surface area contributed by atoms with Gasteiger partial charge in [-0.15, -0.1) is 0 Å². The third kappa shape index (κ3) is 3.26. The number of nitrogens with one attached hydrogen (secondary N) is 1. The molecule has 4 nitrogen and oxygen atoms in total. The van der Waals surface area contributed by atoms with Crippen LogP contribution in [-0.2, 0) is 9.53 Å². The zero-order valence-corrected chi connectivity index (χ0v) is 11.5. The fourth-order valence-electron chi connectivity index (χ4n) is 2.63. The van der Waals surface area contributed by atoms with Gasteiger partial charge in [-0.1, -0.05) is 12.1 Å². The second kappa shape index (κ2) is 6.57. The molecule has 0 saturated carbocycles. The largest absolute Gasteiger partial charge is 0.497 e. The maximum Gasteiger partial charge on any atom is 0.310 e. The molecular formula is C15H21NO3. The average Bonchev–Trinajstić information content (AvgIpc) is 2.47. The van der Waals surface area contributed by atoms with Gasteiger partial charge in [0, 0.05) is 6.54 Å². The molecule has 0 amide bonds. The number of rotatable bonds is 4. The van der Waals surface area contributed by atoms with Crippen LogP contribution in [0.4, 0.5) is 0 Å². The number of ether oxygens (including phenoxy) is 2. The van der Waals surface area contributed by atoms with E-state index in [0.717, 1.165) is 24.3 Å². The molecular weight excluding hydrogens is 242 g/mol. The van der Waals surface area contributed by atoms with Gasteiger partial charge in [0.2, 0.25) is 0 Å². The van der Waals surface area contributed by atoms with Gasteiger partial charge < -0.3 is 14.8 Å². The van der Waals surface area contributed by atoms with Crippen LogP contribution in [0.15, 0.2) is 24.3 Å². The highest BCUT2D eigenvalue weighted by Crippen LogP contribution is 2.32. The van der Waals surface area contributed by atoms with Crippen LogP contribution in [0.3, 0.4) is 0 Å². The fraction of sp³-hybridized carbons (Fsp3) is 0.533. The number of carbonyl (C=O) groups is 1. The van der Waals surface area contributed by atoms with Gasteiger partial charge in [-0.3, -0.25) is 4.79 Å². The van der Waals surface area contributed by atoms with Crippen molar-refractivity contribution < 1.29 is 14.3 Å². The molecule has 1 fully saturated rings. The molecule has 1 aromatic rings. The van der Waals surface area contributed by atoms with Crippen LogP contribution in [0, 0.1) is 5.92 Å². The normalized spacial score (nSPS) is 22.8. The van der Waals surface area contributed by atoms with Gasteiger partial charge in [-0.2, -0.15) is 0 Å². The van der Waals surface area contributed by atoms with Crippen LogP contribution in [-0.4, -0.2) is 32.8 Å². The van der Waals surface area contributed by atoms with Gasteiger partial charge >= 0.3 is 5.97 Å². The van der Waals surface area contributed by atoms with Crippen LogP contribution < -0.4 is 10.1 Å². The first-order valence-electron chi connectivity index (χ1n) is 6.77. The Balaban J connectivity index is 2.20. The van der Waals surface area contributed by atoms with E-state index in [9.17, 15) is 4.79 Å². The first-order valence-corrected chi connectivity index (χ1v) is 6.77. The Bertz CT molecular complexity index is 433. The molecule has 4 heteroatoms. The molecule has 0 bridgehead atoms. The van der Waals surface area contributed by atoms with Crippen molar-refractivity contribution in [2.24, 2.45) is 5.92 Å². The van der Waals surface area contributed by atoms with Gasteiger partial charge in [0.15, 0.2) is 0 Å². The molecule has 1 N–H and O–H groups in total. The van der Waals surface area contributed by atoms with Crippen LogP contribution in [0.2, 0.25) is 0 Å². The van der Waals surface area contributed by atoms with E-state index in [4.69, 9.17) is 9.47 Å². The SMILES string of the molecule is CCOC(=O)C1CNCCC1c1cccc(OC)c1. The van der Waals surface area contributed by atoms with E-state index in [1.165, 1.54) is 0 Å². The molecule has 1 aliphatic heterocycles. The summed E-state index contributed by atoms with van der Waals surface area (Å²) in [5.74, 6) is 0.817. The summed E-state index contributed by atoms with van der Waals surface area (Å²) in [5, 5.41) is 3.27. The predicted octanol–water partition coefficient (Wildman–Crippen LogP) is 1.95. The summed E-state index contributed by atoms with van der Waals surface area (Å²) in [6.07, 6.45) is 0.941. The van der Waals surface area contributed by atoms with Crippen molar-refractivity contribution in [3.05, 3.63) is 29.8 Å². The predicted molar refractivity (Wildman–Crippen MR) is 73.3 cm³/mol. The lowest BCUT2D eigenvalue weighted by Gasteiger charge is -2.31. The average molecular weight is 263 g/mol. The summed E-state index contributed by atoms with van der Waals surface area (Å²) in [5.41, 5.74) is 1.15. The van der Waals surface area contributed by atoms with E-state index in [2.05, 4.69) is 11.4 Å². The Hall–Kier alpha value is -1.55. The van der Waals surface area contributed by atoms with Crippen LogP contribution in [0.25, 0.3) is 0 Å². The standard InChI is InChI=1S/C15H21NO3/c1-3-19-15(17)14-10-16-8-7-13(14)11-5-4-6-12(9-11)18-2/h4-6,9,13-14,16H,3,7-8,10H2,1-2H3. The maximum absolute atomic E-state index is 12.0. The number of hydrogen-bond donors (Lipinski definition) is 1. The molecule has 1 aromatic carbocycles. The Morgan fingerprint density at radius 3 is 3.05 bits per heavy atom. The Morgan fingerprint density at radius 1 is 1.47 bits per heavy atom. The van der Waals surface area contributed by atoms with E-state index >= 15 is 0 Å². The quantitative estimate of drug-likeness (QED) is 0.844. The van der Waals surface area contributed by atoms with Crippen LogP contribution >= 0.6 is 0 Å². The van der Waals surface area contributed by atoms with Crippen molar-refractivity contribution in [1.29, 1.82) is 0 Å². The summed E-state index contributed by atoms with van der Waals surface area (Å²) in [6, 6.07) is 7.97. The molecule has 0 aliphatic carbocycles. The summed E-state index contributed by atoms with van der Waals surface area (Å²) in [4.78, 5) is 12.0. The van der Waals surface area contributed by atoms with Crippen LogP contribution in [0.1, 0.15) is 24.8 Å². The minimum atomic E-state index is -0.110. The van der Waals surface area contributed by atoms with E-state index in [1.54, 1.807) is 7.11 Å². The van der Waals surface area contributed by atoms with Gasteiger partial charge in [0.1, 0.15) is 5.75 Å². The topological polar surface area (TPSA) is 47.6 Å². The summed E-state index contributed by atoms with van der Waals surface area (Å²) < 4.78 is 10.4. The number of hydrogen-bond acceptors (Lipinski definition) is 4. The molecule has 0 spiro atoms. The second-order valence-electron chi connectivity index (χ2n) is 4.73. The Kier molecular flexibility index (Phi) is 4.80. The smallest absolute Gasteiger partial charge is 0.310 e. The van der Waals surface area contributed by atoms with Gasteiger partial charge in [-0.25, -0.2) is 0 Å². The lowest BCUT2D eigenvalue weighted by Crippen LogP contribution is -2.40. The molecule has 1 heterocycles. The Labute approximate surface area is 114 Å². The minimum absolute atomic E-state index is 0.109. The lowest BCUT2D eigenvalue weighted by atomic mass is 9.81. The maximum atomic E-state index is 12.0. The number of methoxy groups -OCH3 is 1. The van der Waals surface area contributed by atoms with Gasteiger partial charge in [-0.05, 0) is 43.5 Å². The first-order chi connectivity index (χ1) is 9.26. The van der Waals surface area contributed by atoms with Crippen molar-refractivity contribution in [3.8, 4) is 5.75 Å². The summed E-state index contributed by atoms with van der Waals surface area (Å²) in [7, 11) is 1.66. The van der Waals surface area contributed by atoms with Crippen molar-refractivity contribution in [1.82, 2.24) is 5.32 Å². The van der Waals surface area contributed by atoms with E-state index in [0.29, 0.717) is 13.2 Å². The van der Waals surface area contributed by atoms with Crippen molar-refractivity contribution in [3.63, 3.8) is 0 Å². The molecule has 1 saturated heterocycles. The molecule has 0 aromatic heterocycles.